The van der Waals surface area contributed by atoms with E-state index in [0.29, 0.717) is 17.7 Å². The van der Waals surface area contributed by atoms with Gasteiger partial charge in [0.05, 0.1) is 51.4 Å². The molecular weight excluding hydrogens is 464 g/mol. The number of carbonyl (C=O) groups excluding carboxylic acids is 2. The van der Waals surface area contributed by atoms with Gasteiger partial charge in [0.15, 0.2) is 0 Å². The van der Waals surface area contributed by atoms with Crippen molar-refractivity contribution in [1.29, 1.82) is 5.26 Å². The Morgan fingerprint density at radius 3 is 2.59 bits per heavy atom. The number of anilines is 1. The van der Waals surface area contributed by atoms with Crippen molar-refractivity contribution in [2.24, 2.45) is 11.8 Å². The van der Waals surface area contributed by atoms with Gasteiger partial charge in [0.25, 0.3) is 0 Å². The smallest absolute Gasteiger partial charge is 0.240 e. The topological polar surface area (TPSA) is 99.1 Å². The van der Waals surface area contributed by atoms with Crippen LogP contribution in [0.15, 0.2) is 60.7 Å². The molecule has 0 spiro atoms. The molecule has 1 aromatic heterocycles. The molecule has 184 valence electrons. The number of aromatic amines is 1. The maximum Gasteiger partial charge on any atom is 0.240 e. The minimum absolute atomic E-state index is 0.183. The highest BCUT2D eigenvalue weighted by Crippen LogP contribution is 2.62. The summed E-state index contributed by atoms with van der Waals surface area (Å²) in [6.45, 7) is 1.99. The van der Waals surface area contributed by atoms with Crippen molar-refractivity contribution >= 4 is 39.3 Å². The molecule has 3 aliphatic heterocycles. The molecule has 7 heteroatoms. The highest BCUT2D eigenvalue weighted by Gasteiger charge is 2.73. The van der Waals surface area contributed by atoms with Crippen LogP contribution >= 0.6 is 0 Å². The number of benzene rings is 3. The van der Waals surface area contributed by atoms with Gasteiger partial charge in [-0.3, -0.25) is 9.59 Å². The fourth-order valence-corrected chi connectivity index (χ4v) is 7.10. The number of hydrogen-bond acceptors (Lipinski definition) is 5. The summed E-state index contributed by atoms with van der Waals surface area (Å²) in [6.07, 6.45) is 3.79. The lowest BCUT2D eigenvalue weighted by molar-refractivity contribution is -0.130. The number of aryl methyl sites for hydroxylation is 1. The van der Waals surface area contributed by atoms with E-state index in [0.717, 1.165) is 53.3 Å². The first-order valence-corrected chi connectivity index (χ1v) is 12.9. The molecule has 37 heavy (non-hydrogen) atoms. The number of amides is 2. The molecule has 0 unspecified atom stereocenters. The number of imide groups is 1. The monoisotopic (exact) mass is 490 g/mol. The Hall–Kier alpha value is -4.02. The Balaban J connectivity index is 1.20. The van der Waals surface area contributed by atoms with Gasteiger partial charge in [0, 0.05) is 17.2 Å². The van der Waals surface area contributed by atoms with Crippen molar-refractivity contribution in [3.8, 4) is 6.07 Å². The quantitative estimate of drug-likeness (QED) is 0.395. The number of nitriles is 1. The van der Waals surface area contributed by atoms with Gasteiger partial charge < -0.3 is 9.72 Å². The lowest BCUT2D eigenvalue weighted by Gasteiger charge is -2.31. The molecule has 2 amide bonds. The van der Waals surface area contributed by atoms with Crippen molar-refractivity contribution in [2.45, 2.75) is 50.2 Å². The van der Waals surface area contributed by atoms with Gasteiger partial charge in [0.2, 0.25) is 11.8 Å². The molecule has 1 N–H and O–H groups in total. The first-order chi connectivity index (χ1) is 17.9. The van der Waals surface area contributed by atoms with E-state index in [-0.39, 0.29) is 11.8 Å². The zero-order valence-corrected chi connectivity index (χ0v) is 20.5. The average molecular weight is 491 g/mol. The van der Waals surface area contributed by atoms with Crippen molar-refractivity contribution in [2.75, 3.05) is 4.90 Å². The predicted octanol–water partition coefficient (Wildman–Crippen LogP) is 5.04. The number of aromatic nitrogens is 2. The van der Waals surface area contributed by atoms with Crippen molar-refractivity contribution < 1.29 is 14.3 Å². The van der Waals surface area contributed by atoms with Crippen LogP contribution in [0.3, 0.4) is 0 Å². The van der Waals surface area contributed by atoms with E-state index in [9.17, 15) is 14.9 Å². The van der Waals surface area contributed by atoms with Crippen molar-refractivity contribution in [1.82, 2.24) is 9.97 Å². The van der Waals surface area contributed by atoms with Gasteiger partial charge in [-0.15, -0.1) is 0 Å². The number of nitrogens with one attached hydrogen (secondary N) is 1. The number of hydrogen-bond donors (Lipinski definition) is 1. The Labute approximate surface area is 214 Å². The molecule has 0 aliphatic carbocycles. The lowest BCUT2D eigenvalue weighted by Crippen LogP contribution is -2.42. The van der Waals surface area contributed by atoms with Crippen LogP contribution in [0.4, 0.5) is 5.69 Å². The van der Waals surface area contributed by atoms with E-state index >= 15 is 0 Å². The Kier molecular flexibility index (Phi) is 4.64. The first-order valence-electron chi connectivity index (χ1n) is 12.9. The van der Waals surface area contributed by atoms with E-state index < -0.39 is 23.0 Å². The summed E-state index contributed by atoms with van der Waals surface area (Å²) in [7, 11) is 0. The minimum Gasteiger partial charge on any atom is -0.367 e. The third-order valence-corrected chi connectivity index (χ3v) is 8.73. The average Bonchev–Trinajstić information content (AvgIpc) is 3.61. The van der Waals surface area contributed by atoms with Crippen LogP contribution in [0.25, 0.3) is 21.8 Å². The maximum absolute atomic E-state index is 14.0. The highest BCUT2D eigenvalue weighted by molar-refractivity contribution is 6.26. The number of carbonyl (C=O) groups is 2. The summed E-state index contributed by atoms with van der Waals surface area (Å²) in [5, 5.41) is 11.0. The van der Waals surface area contributed by atoms with Gasteiger partial charge >= 0.3 is 0 Å². The number of ether oxygens (including phenoxy) is 1. The Morgan fingerprint density at radius 2 is 1.78 bits per heavy atom. The van der Waals surface area contributed by atoms with Gasteiger partial charge in [-0.2, -0.15) is 5.26 Å². The summed E-state index contributed by atoms with van der Waals surface area (Å²) in [4.78, 5) is 37.3. The molecular formula is C30H26N4O3. The number of H-pyrrole nitrogens is 1. The SMILES string of the molecule is C[C@]12CC[C@](CCCc3nc4ccccc4[nH]3)(O1)[C@@H]1C(=O)N(c3ccc(C#N)c4ccccc34)C(=O)[C@@H]12. The number of fused-ring (bicyclic) bond motifs is 7. The first kappa shape index (κ1) is 22.2. The molecule has 4 atom stereocenters. The molecule has 4 heterocycles. The Bertz CT molecular complexity index is 1620. The number of rotatable bonds is 5. The summed E-state index contributed by atoms with van der Waals surface area (Å²) in [5.74, 6) is -0.436. The summed E-state index contributed by atoms with van der Waals surface area (Å²) >= 11 is 0. The maximum atomic E-state index is 14.0. The largest absolute Gasteiger partial charge is 0.367 e. The minimum atomic E-state index is -0.645. The van der Waals surface area contributed by atoms with Crippen LogP contribution in [0.5, 0.6) is 0 Å². The van der Waals surface area contributed by atoms with Crippen LogP contribution in [0.1, 0.15) is 44.0 Å². The predicted molar refractivity (Wildman–Crippen MR) is 139 cm³/mol. The zero-order valence-electron chi connectivity index (χ0n) is 20.5. The number of para-hydroxylation sites is 2. The fraction of sp³-hybridized carbons (Fsp3) is 0.333. The second-order valence-corrected chi connectivity index (χ2v) is 10.8. The van der Waals surface area contributed by atoms with Crippen LogP contribution in [0, 0.1) is 23.2 Å². The second-order valence-electron chi connectivity index (χ2n) is 10.8. The van der Waals surface area contributed by atoms with E-state index in [4.69, 9.17) is 4.74 Å². The number of imidazole rings is 1. The molecule has 3 aromatic carbocycles. The molecule has 7 nitrogen and oxygen atoms in total. The normalized spacial score (nSPS) is 28.4. The molecule has 0 saturated carbocycles. The van der Waals surface area contributed by atoms with Crippen LogP contribution in [0.2, 0.25) is 0 Å². The van der Waals surface area contributed by atoms with Gasteiger partial charge in [-0.25, -0.2) is 9.88 Å². The second kappa shape index (κ2) is 7.74. The molecule has 2 bridgehead atoms. The summed E-state index contributed by atoms with van der Waals surface area (Å²) in [5.41, 5.74) is 1.75. The molecule has 4 aromatic rings. The molecule has 3 aliphatic rings. The fourth-order valence-electron chi connectivity index (χ4n) is 7.10. The van der Waals surface area contributed by atoms with Gasteiger partial charge in [-0.1, -0.05) is 36.4 Å². The molecule has 7 rings (SSSR count). The summed E-state index contributed by atoms with van der Waals surface area (Å²) < 4.78 is 6.62. The van der Waals surface area contributed by atoms with Gasteiger partial charge in [0.1, 0.15) is 5.82 Å². The van der Waals surface area contributed by atoms with Crippen molar-refractivity contribution in [3.63, 3.8) is 0 Å². The van der Waals surface area contributed by atoms with Crippen LogP contribution < -0.4 is 4.90 Å². The summed E-state index contributed by atoms with van der Waals surface area (Å²) in [6, 6.07) is 21.1. The third-order valence-electron chi connectivity index (χ3n) is 8.73. The van der Waals surface area contributed by atoms with Crippen molar-refractivity contribution in [3.05, 3.63) is 72.1 Å². The third kappa shape index (κ3) is 3.06. The highest BCUT2D eigenvalue weighted by atomic mass is 16.5. The molecule has 0 radical (unpaired) electrons. The van der Waals surface area contributed by atoms with Crippen LogP contribution in [-0.4, -0.2) is 33.0 Å². The van der Waals surface area contributed by atoms with Crippen LogP contribution in [-0.2, 0) is 20.7 Å². The Morgan fingerprint density at radius 1 is 1.03 bits per heavy atom. The molecule has 3 saturated heterocycles. The molecule has 3 fully saturated rings. The van der Waals surface area contributed by atoms with E-state index in [1.165, 1.54) is 4.90 Å². The lowest BCUT2D eigenvalue weighted by atomic mass is 9.67. The van der Waals surface area contributed by atoms with E-state index in [1.54, 1.807) is 12.1 Å². The van der Waals surface area contributed by atoms with E-state index in [1.807, 2.05) is 55.5 Å². The number of nitrogens with zero attached hydrogens (tertiary/aromatic N) is 3. The van der Waals surface area contributed by atoms with Gasteiger partial charge in [-0.05, 0) is 56.9 Å². The zero-order chi connectivity index (χ0) is 25.4. The van der Waals surface area contributed by atoms with E-state index in [2.05, 4.69) is 16.0 Å². The standard InChI is InChI=1S/C30H26N4O3/c1-29-15-16-30(37-29,14-6-11-24-32-21-9-4-5-10-22(21)33-24)26-25(29)27(35)34(28(26)36)23-13-12-18(17-31)19-7-2-3-8-20(19)23/h2-5,7-10,12-13,25-26H,6,11,14-16H2,1H3,(H,32,33)/t25-,26+,29-,30+/m1/s1.